The molecule has 2 unspecified atom stereocenters. The summed E-state index contributed by atoms with van der Waals surface area (Å²) in [6, 6.07) is 0. The molecule has 0 aromatic carbocycles. The van der Waals surface area contributed by atoms with Gasteiger partial charge in [-0.2, -0.15) is 0 Å². The molecule has 1 rings (SSSR count). The zero-order valence-electron chi connectivity index (χ0n) is 9.67. The van der Waals surface area contributed by atoms with Gasteiger partial charge in [0.25, 0.3) is 0 Å². The lowest BCUT2D eigenvalue weighted by atomic mass is 10.3. The fraction of sp³-hybridized carbons (Fsp3) is 1.00. The van der Waals surface area contributed by atoms with Gasteiger partial charge in [0.15, 0.2) is 0 Å². The summed E-state index contributed by atoms with van der Waals surface area (Å²) < 4.78 is 0. The van der Waals surface area contributed by atoms with Crippen molar-refractivity contribution in [2.75, 3.05) is 52.5 Å². The van der Waals surface area contributed by atoms with Gasteiger partial charge in [-0.05, 0) is 0 Å². The highest BCUT2D eigenvalue weighted by atomic mass is 16.3. The lowest BCUT2D eigenvalue weighted by molar-refractivity contribution is -0.938. The second-order valence-corrected chi connectivity index (χ2v) is 4.51. The molecule has 1 heterocycles. The number of aliphatic hydroxyl groups excluding tert-OH is 2. The molecule has 0 aromatic heterocycles. The van der Waals surface area contributed by atoms with Crippen molar-refractivity contribution in [2.24, 2.45) is 0 Å². The van der Waals surface area contributed by atoms with Crippen LogP contribution in [0.4, 0.5) is 0 Å². The number of rotatable bonds is 6. The third kappa shape index (κ3) is 5.47. The third-order valence-electron chi connectivity index (χ3n) is 3.27. The number of nitrogens with one attached hydrogen (secondary N) is 2. The summed E-state index contributed by atoms with van der Waals surface area (Å²) in [4.78, 5) is 3.28. The van der Waals surface area contributed by atoms with Crippen molar-refractivity contribution in [3.05, 3.63) is 0 Å². The molecule has 4 heteroatoms. The molecule has 1 aliphatic heterocycles. The molecule has 0 saturated carbocycles. The van der Waals surface area contributed by atoms with E-state index >= 15 is 0 Å². The zero-order valence-corrected chi connectivity index (χ0v) is 9.67. The first-order chi connectivity index (χ1) is 7.36. The molecule has 4 N–H and O–H groups in total. The second-order valence-electron chi connectivity index (χ2n) is 4.51. The van der Waals surface area contributed by atoms with Crippen LogP contribution in [0.5, 0.6) is 0 Å². The van der Waals surface area contributed by atoms with Crippen molar-refractivity contribution in [3.63, 3.8) is 0 Å². The number of hydrogen-bond donors (Lipinski definition) is 4. The SMILES string of the molecule is OCCC[NH+]1CCC[NH+](CCCO)CC1. The minimum atomic E-state index is 0.324. The average Bonchev–Trinajstić information content (AvgIpc) is 2.49. The smallest absolute Gasteiger partial charge is 0.127 e. The van der Waals surface area contributed by atoms with Gasteiger partial charge >= 0.3 is 0 Å². The highest BCUT2D eigenvalue weighted by molar-refractivity contribution is 4.42. The summed E-state index contributed by atoms with van der Waals surface area (Å²) >= 11 is 0. The molecule has 0 spiro atoms. The first-order valence-corrected chi connectivity index (χ1v) is 6.25. The molecule has 0 aliphatic carbocycles. The minimum Gasteiger partial charge on any atom is -0.396 e. The van der Waals surface area contributed by atoms with Crippen molar-refractivity contribution >= 4 is 0 Å². The van der Waals surface area contributed by atoms with Gasteiger partial charge in [0.05, 0.1) is 26.2 Å². The Kier molecular flexibility index (Phi) is 6.92. The van der Waals surface area contributed by atoms with Crippen molar-refractivity contribution in [1.82, 2.24) is 0 Å². The highest BCUT2D eigenvalue weighted by Gasteiger charge is 2.18. The Morgan fingerprint density at radius 1 is 0.733 bits per heavy atom. The van der Waals surface area contributed by atoms with Crippen molar-refractivity contribution in [3.8, 4) is 0 Å². The molecule has 1 saturated heterocycles. The van der Waals surface area contributed by atoms with Crippen LogP contribution in [0.15, 0.2) is 0 Å². The number of aliphatic hydroxyl groups is 2. The summed E-state index contributed by atoms with van der Waals surface area (Å²) in [7, 11) is 0. The molecule has 15 heavy (non-hydrogen) atoms. The summed E-state index contributed by atoms with van der Waals surface area (Å²) in [6.07, 6.45) is 3.14. The van der Waals surface area contributed by atoms with Crippen molar-refractivity contribution < 1.29 is 20.0 Å². The van der Waals surface area contributed by atoms with Gasteiger partial charge in [-0.3, -0.25) is 0 Å². The van der Waals surface area contributed by atoms with E-state index in [4.69, 9.17) is 10.2 Å². The molecular formula is C11H26N2O2+2. The van der Waals surface area contributed by atoms with E-state index < -0.39 is 0 Å². The van der Waals surface area contributed by atoms with Gasteiger partial charge in [0.1, 0.15) is 13.1 Å². The van der Waals surface area contributed by atoms with E-state index in [2.05, 4.69) is 0 Å². The van der Waals surface area contributed by atoms with Crippen molar-refractivity contribution in [2.45, 2.75) is 19.3 Å². The van der Waals surface area contributed by atoms with Crippen molar-refractivity contribution in [1.29, 1.82) is 0 Å². The Bertz CT molecular complexity index is 140. The van der Waals surface area contributed by atoms with E-state index in [1.165, 1.54) is 32.6 Å². The Balaban J connectivity index is 2.16. The van der Waals surface area contributed by atoms with Gasteiger partial charge in [0, 0.05) is 32.5 Å². The molecule has 0 aromatic rings. The fourth-order valence-corrected chi connectivity index (χ4v) is 2.35. The first-order valence-electron chi connectivity index (χ1n) is 6.25. The van der Waals surface area contributed by atoms with Gasteiger partial charge in [-0.25, -0.2) is 0 Å². The molecule has 90 valence electrons. The van der Waals surface area contributed by atoms with Crippen LogP contribution >= 0.6 is 0 Å². The van der Waals surface area contributed by atoms with Gasteiger partial charge in [-0.15, -0.1) is 0 Å². The Labute approximate surface area is 92.5 Å². The topological polar surface area (TPSA) is 49.3 Å². The molecular weight excluding hydrogens is 192 g/mol. The van der Waals surface area contributed by atoms with Crippen LogP contribution < -0.4 is 9.80 Å². The normalized spacial score (nSPS) is 27.6. The largest absolute Gasteiger partial charge is 0.396 e. The van der Waals surface area contributed by atoms with E-state index in [9.17, 15) is 0 Å². The number of quaternary nitrogens is 2. The van der Waals surface area contributed by atoms with Gasteiger partial charge in [0.2, 0.25) is 0 Å². The summed E-state index contributed by atoms with van der Waals surface area (Å²) in [6.45, 7) is 7.83. The van der Waals surface area contributed by atoms with E-state index in [1.54, 1.807) is 9.80 Å². The van der Waals surface area contributed by atoms with Crippen LogP contribution in [0.3, 0.4) is 0 Å². The second kappa shape index (κ2) is 8.05. The highest BCUT2D eigenvalue weighted by Crippen LogP contribution is 1.75. The molecule has 0 radical (unpaired) electrons. The van der Waals surface area contributed by atoms with Crippen LogP contribution in [0.2, 0.25) is 0 Å². The lowest BCUT2D eigenvalue weighted by Gasteiger charge is -2.17. The van der Waals surface area contributed by atoms with Crippen LogP contribution in [0.25, 0.3) is 0 Å². The van der Waals surface area contributed by atoms with E-state index in [0.29, 0.717) is 13.2 Å². The standard InChI is InChI=1S/C11H24N2O2/c14-10-2-6-12-4-1-5-13(9-8-12)7-3-11-15/h14-15H,1-11H2/p+2. The van der Waals surface area contributed by atoms with Crippen LogP contribution in [-0.2, 0) is 0 Å². The van der Waals surface area contributed by atoms with Crippen LogP contribution in [0.1, 0.15) is 19.3 Å². The third-order valence-corrected chi connectivity index (χ3v) is 3.27. The Hall–Kier alpha value is -0.160. The summed E-state index contributed by atoms with van der Waals surface area (Å²) in [5.74, 6) is 0. The predicted molar refractivity (Wildman–Crippen MR) is 59.2 cm³/mol. The minimum absolute atomic E-state index is 0.324. The maximum Gasteiger partial charge on any atom is 0.127 e. The predicted octanol–water partition coefficient (Wildman–Crippen LogP) is -3.08. The quantitative estimate of drug-likeness (QED) is 0.382. The van der Waals surface area contributed by atoms with E-state index in [0.717, 1.165) is 25.9 Å². The molecule has 2 atom stereocenters. The molecule has 4 nitrogen and oxygen atoms in total. The molecule has 0 amide bonds. The van der Waals surface area contributed by atoms with E-state index in [-0.39, 0.29) is 0 Å². The van der Waals surface area contributed by atoms with Gasteiger partial charge < -0.3 is 20.0 Å². The Morgan fingerprint density at radius 2 is 1.20 bits per heavy atom. The zero-order chi connectivity index (χ0) is 10.9. The van der Waals surface area contributed by atoms with Gasteiger partial charge in [-0.1, -0.05) is 0 Å². The molecule has 1 aliphatic rings. The summed E-state index contributed by atoms with van der Waals surface area (Å²) in [5.41, 5.74) is 0. The molecule has 1 fully saturated rings. The average molecular weight is 218 g/mol. The first kappa shape index (κ1) is 12.9. The maximum atomic E-state index is 8.79. The van der Waals surface area contributed by atoms with Crippen LogP contribution in [-0.4, -0.2) is 62.7 Å². The maximum absolute atomic E-state index is 8.79. The summed E-state index contributed by atoms with van der Waals surface area (Å²) in [5, 5.41) is 17.6. The monoisotopic (exact) mass is 218 g/mol. The lowest BCUT2D eigenvalue weighted by Crippen LogP contribution is -3.17. The van der Waals surface area contributed by atoms with Crippen LogP contribution in [0, 0.1) is 0 Å². The fourth-order valence-electron chi connectivity index (χ4n) is 2.35. The number of hydrogen-bond acceptors (Lipinski definition) is 2. The Morgan fingerprint density at radius 3 is 1.60 bits per heavy atom. The molecule has 0 bridgehead atoms. The van der Waals surface area contributed by atoms with E-state index in [1.807, 2.05) is 0 Å².